The Balaban J connectivity index is 1.86. The van der Waals surface area contributed by atoms with E-state index in [0.717, 1.165) is 13.2 Å². The minimum absolute atomic E-state index is 0.388. The van der Waals surface area contributed by atoms with Crippen molar-refractivity contribution in [2.45, 2.75) is 31.9 Å². The molecule has 0 saturated carbocycles. The fourth-order valence-electron chi connectivity index (χ4n) is 1.57. The van der Waals surface area contributed by atoms with Crippen LogP contribution in [0, 0.1) is 0 Å². The van der Waals surface area contributed by atoms with Gasteiger partial charge < -0.3 is 4.74 Å². The van der Waals surface area contributed by atoms with Gasteiger partial charge in [-0.05, 0) is 25.3 Å². The molecule has 1 unspecified atom stereocenters. The lowest BCUT2D eigenvalue weighted by atomic mass is 10.1. The van der Waals surface area contributed by atoms with Crippen LogP contribution in [-0.4, -0.2) is 22.5 Å². The lowest BCUT2D eigenvalue weighted by molar-refractivity contribution is 0.00399. The van der Waals surface area contributed by atoms with Gasteiger partial charge in [0.25, 0.3) is 0 Å². The van der Waals surface area contributed by atoms with Crippen molar-refractivity contribution in [3.05, 3.63) is 18.5 Å². The molecule has 0 amide bonds. The Bertz CT molecular complexity index is 214. The molecule has 1 aromatic heterocycles. The molecule has 1 aliphatic rings. The van der Waals surface area contributed by atoms with Gasteiger partial charge in [-0.3, -0.25) is 4.68 Å². The third kappa shape index (κ3) is 1.85. The molecule has 1 aliphatic heterocycles. The molecule has 12 heavy (non-hydrogen) atoms. The van der Waals surface area contributed by atoms with Crippen LogP contribution >= 0.6 is 0 Å². The van der Waals surface area contributed by atoms with E-state index in [1.165, 1.54) is 19.3 Å². The summed E-state index contributed by atoms with van der Waals surface area (Å²) in [6.45, 7) is 1.83. The average molecular weight is 166 g/mol. The minimum atomic E-state index is 0.388. The molecule has 0 aromatic carbocycles. The normalized spacial score (nSPS) is 24.2. The summed E-state index contributed by atoms with van der Waals surface area (Å²) in [6.07, 6.45) is 7.88. The van der Waals surface area contributed by atoms with Crippen molar-refractivity contribution in [2.24, 2.45) is 0 Å². The molecule has 1 saturated heterocycles. The first-order valence-electron chi connectivity index (χ1n) is 4.54. The zero-order valence-electron chi connectivity index (χ0n) is 7.15. The second-order valence-electron chi connectivity index (χ2n) is 3.22. The molecule has 0 bridgehead atoms. The summed E-state index contributed by atoms with van der Waals surface area (Å²) in [5.41, 5.74) is 0. The zero-order chi connectivity index (χ0) is 8.23. The summed E-state index contributed by atoms with van der Waals surface area (Å²) in [5, 5.41) is 4.15. The molecule has 0 radical (unpaired) electrons. The van der Waals surface area contributed by atoms with Crippen molar-refractivity contribution in [1.82, 2.24) is 9.78 Å². The maximum Gasteiger partial charge on any atom is 0.0770 e. The summed E-state index contributed by atoms with van der Waals surface area (Å²) in [6, 6.07) is 1.95. The summed E-state index contributed by atoms with van der Waals surface area (Å²) in [5.74, 6) is 0. The molecule has 2 rings (SSSR count). The predicted octanol–water partition coefficient (Wildman–Crippen LogP) is 1.45. The molecular weight excluding hydrogens is 152 g/mol. The van der Waals surface area contributed by atoms with Gasteiger partial charge in [0.2, 0.25) is 0 Å². The predicted molar refractivity (Wildman–Crippen MR) is 45.8 cm³/mol. The van der Waals surface area contributed by atoms with Crippen LogP contribution in [0.3, 0.4) is 0 Å². The van der Waals surface area contributed by atoms with Crippen LogP contribution in [0.5, 0.6) is 0 Å². The molecule has 66 valence electrons. The van der Waals surface area contributed by atoms with Crippen LogP contribution in [0.4, 0.5) is 0 Å². The van der Waals surface area contributed by atoms with E-state index in [4.69, 9.17) is 4.74 Å². The molecule has 3 nitrogen and oxygen atoms in total. The van der Waals surface area contributed by atoms with Crippen LogP contribution < -0.4 is 0 Å². The highest BCUT2D eigenvalue weighted by molar-refractivity contribution is 4.79. The van der Waals surface area contributed by atoms with Gasteiger partial charge in [0.1, 0.15) is 0 Å². The van der Waals surface area contributed by atoms with E-state index in [1.54, 1.807) is 0 Å². The maximum atomic E-state index is 5.59. The third-order valence-corrected chi connectivity index (χ3v) is 2.22. The standard InChI is InChI=1S/C9H14N2O/c1-2-7-12-9(4-1)8-11-6-3-5-10-11/h3,5-6,9H,1-2,4,7-8H2. The van der Waals surface area contributed by atoms with E-state index in [1.807, 2.05) is 23.1 Å². The zero-order valence-corrected chi connectivity index (χ0v) is 7.15. The Hall–Kier alpha value is -0.830. The summed E-state index contributed by atoms with van der Waals surface area (Å²) in [4.78, 5) is 0. The average Bonchev–Trinajstić information content (AvgIpc) is 2.59. The number of ether oxygens (including phenoxy) is 1. The van der Waals surface area contributed by atoms with E-state index >= 15 is 0 Å². The molecule has 0 N–H and O–H groups in total. The van der Waals surface area contributed by atoms with Crippen LogP contribution in [0.1, 0.15) is 19.3 Å². The van der Waals surface area contributed by atoms with Crippen molar-refractivity contribution in [1.29, 1.82) is 0 Å². The minimum Gasteiger partial charge on any atom is -0.376 e. The van der Waals surface area contributed by atoms with Crippen molar-refractivity contribution in [2.75, 3.05) is 6.61 Å². The number of hydrogen-bond acceptors (Lipinski definition) is 2. The molecular formula is C9H14N2O. The van der Waals surface area contributed by atoms with Crippen molar-refractivity contribution in [3.63, 3.8) is 0 Å². The highest BCUT2D eigenvalue weighted by atomic mass is 16.5. The fourth-order valence-corrected chi connectivity index (χ4v) is 1.57. The Labute approximate surface area is 72.3 Å². The lowest BCUT2D eigenvalue weighted by Gasteiger charge is -2.22. The van der Waals surface area contributed by atoms with Gasteiger partial charge in [0, 0.05) is 19.0 Å². The topological polar surface area (TPSA) is 27.1 Å². The summed E-state index contributed by atoms with van der Waals surface area (Å²) < 4.78 is 7.53. The van der Waals surface area contributed by atoms with Crippen LogP contribution in [-0.2, 0) is 11.3 Å². The molecule has 2 heterocycles. The smallest absolute Gasteiger partial charge is 0.0770 e. The van der Waals surface area contributed by atoms with E-state index in [0.29, 0.717) is 6.10 Å². The van der Waals surface area contributed by atoms with E-state index in [9.17, 15) is 0 Å². The van der Waals surface area contributed by atoms with Gasteiger partial charge >= 0.3 is 0 Å². The largest absolute Gasteiger partial charge is 0.376 e. The van der Waals surface area contributed by atoms with Gasteiger partial charge in [-0.2, -0.15) is 5.10 Å². The van der Waals surface area contributed by atoms with Crippen LogP contribution in [0.25, 0.3) is 0 Å². The van der Waals surface area contributed by atoms with E-state index in [-0.39, 0.29) is 0 Å². The Morgan fingerprint density at radius 2 is 2.50 bits per heavy atom. The second-order valence-corrected chi connectivity index (χ2v) is 3.22. The maximum absolute atomic E-state index is 5.59. The quantitative estimate of drug-likeness (QED) is 0.665. The van der Waals surface area contributed by atoms with Gasteiger partial charge in [0.05, 0.1) is 12.6 Å². The Morgan fingerprint density at radius 1 is 1.50 bits per heavy atom. The second kappa shape index (κ2) is 3.72. The van der Waals surface area contributed by atoms with Gasteiger partial charge in [-0.15, -0.1) is 0 Å². The van der Waals surface area contributed by atoms with Crippen molar-refractivity contribution in [3.8, 4) is 0 Å². The third-order valence-electron chi connectivity index (χ3n) is 2.22. The Kier molecular flexibility index (Phi) is 2.42. The van der Waals surface area contributed by atoms with Crippen molar-refractivity contribution < 1.29 is 4.74 Å². The number of nitrogens with zero attached hydrogens (tertiary/aromatic N) is 2. The molecule has 0 aliphatic carbocycles. The lowest BCUT2D eigenvalue weighted by Crippen LogP contribution is -2.24. The van der Waals surface area contributed by atoms with Gasteiger partial charge in [-0.25, -0.2) is 0 Å². The SMILES string of the molecule is c1cnn(CC2CCCCO2)c1. The molecule has 1 aromatic rings. The molecule has 1 atom stereocenters. The van der Waals surface area contributed by atoms with Crippen LogP contribution in [0.2, 0.25) is 0 Å². The van der Waals surface area contributed by atoms with E-state index in [2.05, 4.69) is 5.10 Å². The van der Waals surface area contributed by atoms with Crippen LogP contribution in [0.15, 0.2) is 18.5 Å². The van der Waals surface area contributed by atoms with E-state index < -0.39 is 0 Å². The fraction of sp³-hybridized carbons (Fsp3) is 0.667. The Morgan fingerprint density at radius 3 is 3.17 bits per heavy atom. The van der Waals surface area contributed by atoms with Gasteiger partial charge in [0.15, 0.2) is 0 Å². The summed E-state index contributed by atoms with van der Waals surface area (Å²) >= 11 is 0. The summed E-state index contributed by atoms with van der Waals surface area (Å²) in [7, 11) is 0. The first-order valence-corrected chi connectivity index (χ1v) is 4.54. The first-order chi connectivity index (χ1) is 5.95. The number of rotatable bonds is 2. The highest BCUT2D eigenvalue weighted by Crippen LogP contribution is 2.13. The van der Waals surface area contributed by atoms with Gasteiger partial charge in [-0.1, -0.05) is 0 Å². The number of aromatic nitrogens is 2. The molecule has 0 spiro atoms. The monoisotopic (exact) mass is 166 g/mol. The highest BCUT2D eigenvalue weighted by Gasteiger charge is 2.13. The number of hydrogen-bond donors (Lipinski definition) is 0. The van der Waals surface area contributed by atoms with Crippen molar-refractivity contribution >= 4 is 0 Å². The first kappa shape index (κ1) is 7.80. The molecule has 3 heteroatoms. The molecule has 1 fully saturated rings.